The summed E-state index contributed by atoms with van der Waals surface area (Å²) in [5.74, 6) is -0.411. The molecule has 0 spiro atoms. The molecule has 0 aliphatic heterocycles. The van der Waals surface area contributed by atoms with E-state index in [4.69, 9.17) is 4.74 Å². The Balaban J connectivity index is 2.29. The Morgan fingerprint density at radius 3 is 2.55 bits per heavy atom. The molecular weight excluding hydrogens is 282 g/mol. The van der Waals surface area contributed by atoms with Gasteiger partial charge < -0.3 is 9.47 Å². The molecule has 1 aromatic carbocycles. The van der Waals surface area contributed by atoms with Crippen molar-refractivity contribution in [2.24, 2.45) is 0 Å². The average molecular weight is 301 g/mol. The summed E-state index contributed by atoms with van der Waals surface area (Å²) in [6, 6.07) is 7.35. The molecule has 0 radical (unpaired) electrons. The Morgan fingerprint density at radius 1 is 1.18 bits per heavy atom. The largest absolute Gasteiger partial charge is 0.466 e. The van der Waals surface area contributed by atoms with E-state index in [1.807, 2.05) is 45.0 Å². The van der Waals surface area contributed by atoms with E-state index < -0.39 is 17.7 Å². The highest BCUT2D eigenvalue weighted by Crippen LogP contribution is 2.20. The van der Waals surface area contributed by atoms with Gasteiger partial charge in [-0.15, -0.1) is 0 Å². The van der Waals surface area contributed by atoms with Crippen molar-refractivity contribution >= 4 is 29.0 Å². The van der Waals surface area contributed by atoms with E-state index in [1.54, 1.807) is 12.3 Å². The van der Waals surface area contributed by atoms with E-state index >= 15 is 0 Å². The molecule has 116 valence electrons. The number of fused-ring (bicyclic) bond motifs is 1. The van der Waals surface area contributed by atoms with Crippen molar-refractivity contribution in [1.29, 1.82) is 0 Å². The van der Waals surface area contributed by atoms with Crippen LogP contribution in [0.1, 0.15) is 26.3 Å². The molecule has 0 bridgehead atoms. The van der Waals surface area contributed by atoms with Gasteiger partial charge in [0.15, 0.2) is 0 Å². The Bertz CT molecular complexity index is 735. The van der Waals surface area contributed by atoms with Gasteiger partial charge in [0.1, 0.15) is 5.60 Å². The second kappa shape index (κ2) is 6.05. The van der Waals surface area contributed by atoms with Gasteiger partial charge in [0, 0.05) is 17.7 Å². The van der Waals surface area contributed by atoms with Crippen LogP contribution in [-0.2, 0) is 14.3 Å². The van der Waals surface area contributed by atoms with Gasteiger partial charge in [-0.25, -0.2) is 9.59 Å². The number of hydrogen-bond donors (Lipinski definition) is 0. The molecule has 5 nitrogen and oxygen atoms in total. The van der Waals surface area contributed by atoms with Gasteiger partial charge in [-0.3, -0.25) is 4.57 Å². The maximum Gasteiger partial charge on any atom is 0.418 e. The Hall–Kier alpha value is -2.56. The summed E-state index contributed by atoms with van der Waals surface area (Å²) in [6.07, 6.45) is 4.27. The van der Waals surface area contributed by atoms with Crippen molar-refractivity contribution in [1.82, 2.24) is 4.57 Å². The summed E-state index contributed by atoms with van der Waals surface area (Å²) in [7, 11) is 1.33. The van der Waals surface area contributed by atoms with Crippen LogP contribution in [-0.4, -0.2) is 29.3 Å². The van der Waals surface area contributed by atoms with E-state index in [0.29, 0.717) is 0 Å². The van der Waals surface area contributed by atoms with Crippen molar-refractivity contribution < 1.29 is 19.1 Å². The minimum absolute atomic E-state index is 0.411. The Labute approximate surface area is 129 Å². The fourth-order valence-corrected chi connectivity index (χ4v) is 1.97. The molecule has 0 saturated carbocycles. The third-order valence-electron chi connectivity index (χ3n) is 2.92. The lowest BCUT2D eigenvalue weighted by molar-refractivity contribution is -0.134. The number of esters is 1. The zero-order chi connectivity index (χ0) is 16.3. The number of carbonyl (C=O) groups excluding carboxylic acids is 2. The molecular formula is C17H19NO4. The number of methoxy groups -OCH3 is 1. The van der Waals surface area contributed by atoms with E-state index in [-0.39, 0.29) is 0 Å². The fourth-order valence-electron chi connectivity index (χ4n) is 1.97. The highest BCUT2D eigenvalue weighted by Gasteiger charge is 2.18. The number of nitrogens with zero attached hydrogens (tertiary/aromatic N) is 1. The number of hydrogen-bond acceptors (Lipinski definition) is 4. The van der Waals surface area contributed by atoms with E-state index in [9.17, 15) is 9.59 Å². The summed E-state index contributed by atoms with van der Waals surface area (Å²) < 4.78 is 11.4. The van der Waals surface area contributed by atoms with Crippen LogP contribution in [0.2, 0.25) is 0 Å². The highest BCUT2D eigenvalue weighted by molar-refractivity contribution is 5.92. The number of benzene rings is 1. The Morgan fingerprint density at radius 2 is 1.91 bits per heavy atom. The zero-order valence-corrected chi connectivity index (χ0v) is 13.1. The number of rotatable bonds is 2. The fraction of sp³-hybridized carbons (Fsp3) is 0.294. The molecule has 0 aliphatic carbocycles. The SMILES string of the molecule is COC(=O)/C=C\c1ccc2c(ccn2C(=O)OC(C)(C)C)c1. The van der Waals surface area contributed by atoms with Gasteiger partial charge in [0.2, 0.25) is 0 Å². The average Bonchev–Trinajstić information content (AvgIpc) is 2.86. The predicted molar refractivity (Wildman–Crippen MR) is 84.6 cm³/mol. The molecule has 2 aromatic rings. The van der Waals surface area contributed by atoms with Crippen molar-refractivity contribution in [2.45, 2.75) is 26.4 Å². The lowest BCUT2D eigenvalue weighted by Gasteiger charge is -2.19. The second-order valence-electron chi connectivity index (χ2n) is 5.84. The van der Waals surface area contributed by atoms with Crippen molar-refractivity contribution in [2.75, 3.05) is 7.11 Å². The van der Waals surface area contributed by atoms with Crippen LogP contribution in [0, 0.1) is 0 Å². The van der Waals surface area contributed by atoms with E-state index in [2.05, 4.69) is 4.74 Å². The van der Waals surface area contributed by atoms with Gasteiger partial charge in [-0.2, -0.15) is 0 Å². The first-order valence-corrected chi connectivity index (χ1v) is 6.91. The van der Waals surface area contributed by atoms with Gasteiger partial charge >= 0.3 is 12.1 Å². The quantitative estimate of drug-likeness (QED) is 0.628. The number of ether oxygens (including phenoxy) is 2. The topological polar surface area (TPSA) is 57.5 Å². The number of carbonyl (C=O) groups is 2. The van der Waals surface area contributed by atoms with Gasteiger partial charge in [0.05, 0.1) is 12.6 Å². The minimum atomic E-state index is -0.545. The van der Waals surface area contributed by atoms with Crippen molar-refractivity contribution in [3.63, 3.8) is 0 Å². The molecule has 0 saturated heterocycles. The molecule has 0 amide bonds. The molecule has 0 fully saturated rings. The lowest BCUT2D eigenvalue weighted by Crippen LogP contribution is -2.26. The van der Waals surface area contributed by atoms with Crippen LogP contribution in [0.4, 0.5) is 4.79 Å². The third kappa shape index (κ3) is 3.75. The first kappa shape index (κ1) is 15.8. The maximum atomic E-state index is 12.1. The van der Waals surface area contributed by atoms with Gasteiger partial charge in [-0.1, -0.05) is 6.07 Å². The molecule has 1 heterocycles. The highest BCUT2D eigenvalue weighted by atomic mass is 16.6. The van der Waals surface area contributed by atoms with Crippen LogP contribution in [0.25, 0.3) is 17.0 Å². The summed E-state index contributed by atoms with van der Waals surface area (Å²) in [5.41, 5.74) is 1.06. The Kier molecular flexibility index (Phi) is 4.35. The van der Waals surface area contributed by atoms with Crippen LogP contribution in [0.15, 0.2) is 36.5 Å². The standard InChI is InChI=1S/C17H19NO4/c1-17(2,3)22-16(20)18-10-9-13-11-12(5-7-14(13)18)6-8-15(19)21-4/h5-11H,1-4H3/b8-6-. The number of aromatic nitrogens is 1. The maximum absolute atomic E-state index is 12.1. The van der Waals surface area contributed by atoms with Crippen molar-refractivity contribution in [3.05, 3.63) is 42.1 Å². The molecule has 0 aliphatic rings. The summed E-state index contributed by atoms with van der Waals surface area (Å²) >= 11 is 0. The monoisotopic (exact) mass is 301 g/mol. The van der Waals surface area contributed by atoms with Gasteiger partial charge in [0.25, 0.3) is 0 Å². The zero-order valence-electron chi connectivity index (χ0n) is 13.1. The summed E-state index contributed by atoms with van der Waals surface area (Å²) in [6.45, 7) is 5.48. The first-order chi connectivity index (χ1) is 10.3. The first-order valence-electron chi connectivity index (χ1n) is 6.91. The summed E-state index contributed by atoms with van der Waals surface area (Å²) in [5, 5.41) is 0.887. The van der Waals surface area contributed by atoms with Crippen LogP contribution < -0.4 is 0 Å². The van der Waals surface area contributed by atoms with Crippen molar-refractivity contribution in [3.8, 4) is 0 Å². The molecule has 5 heteroatoms. The van der Waals surface area contributed by atoms with Crippen LogP contribution in [0.5, 0.6) is 0 Å². The smallest absolute Gasteiger partial charge is 0.418 e. The lowest BCUT2D eigenvalue weighted by atomic mass is 10.1. The summed E-state index contributed by atoms with van der Waals surface area (Å²) in [4.78, 5) is 23.2. The molecule has 0 N–H and O–H groups in total. The second-order valence-corrected chi connectivity index (χ2v) is 5.84. The molecule has 1 aromatic heterocycles. The molecule has 22 heavy (non-hydrogen) atoms. The molecule has 2 rings (SSSR count). The third-order valence-corrected chi connectivity index (χ3v) is 2.92. The minimum Gasteiger partial charge on any atom is -0.466 e. The molecule has 0 atom stereocenters. The van der Waals surface area contributed by atoms with Crippen LogP contribution >= 0.6 is 0 Å². The van der Waals surface area contributed by atoms with E-state index in [1.165, 1.54) is 17.8 Å². The van der Waals surface area contributed by atoms with E-state index in [0.717, 1.165) is 16.5 Å². The molecule has 0 unspecified atom stereocenters. The van der Waals surface area contributed by atoms with Gasteiger partial charge in [-0.05, 0) is 50.6 Å². The van der Waals surface area contributed by atoms with Crippen LogP contribution in [0.3, 0.4) is 0 Å². The normalized spacial score (nSPS) is 11.8. The predicted octanol–water partition coefficient (Wildman–Crippen LogP) is 3.61.